The summed E-state index contributed by atoms with van der Waals surface area (Å²) in [6.45, 7) is 5.90. The Balaban J connectivity index is 2.62. The number of likely N-dealkylation sites (tertiary alicyclic amines) is 1. The van der Waals surface area contributed by atoms with Crippen molar-refractivity contribution in [2.75, 3.05) is 6.54 Å². The van der Waals surface area contributed by atoms with Gasteiger partial charge in [0.15, 0.2) is 0 Å². The van der Waals surface area contributed by atoms with Crippen LogP contribution in [0.2, 0.25) is 0 Å². The molecule has 0 unspecified atom stereocenters. The van der Waals surface area contributed by atoms with Gasteiger partial charge >= 0.3 is 0 Å². The van der Waals surface area contributed by atoms with Crippen LogP contribution in [0.4, 0.5) is 4.39 Å². The summed E-state index contributed by atoms with van der Waals surface area (Å²) in [7, 11) is 0. The van der Waals surface area contributed by atoms with Crippen molar-refractivity contribution in [3.8, 4) is 0 Å². The summed E-state index contributed by atoms with van der Waals surface area (Å²) in [6.07, 6.45) is -0.482. The van der Waals surface area contributed by atoms with Gasteiger partial charge in [0.05, 0.1) is 6.54 Å². The van der Waals surface area contributed by atoms with Gasteiger partial charge in [0, 0.05) is 12.5 Å². The van der Waals surface area contributed by atoms with Gasteiger partial charge in [-0.1, -0.05) is 6.92 Å². The third-order valence-electron chi connectivity index (χ3n) is 2.43. The molecule has 0 bridgehead atoms. The van der Waals surface area contributed by atoms with Crippen molar-refractivity contribution in [3.63, 3.8) is 0 Å². The van der Waals surface area contributed by atoms with Crippen LogP contribution in [0.3, 0.4) is 0 Å². The van der Waals surface area contributed by atoms with Gasteiger partial charge in [0.2, 0.25) is 5.91 Å². The van der Waals surface area contributed by atoms with Crippen LogP contribution in [0.1, 0.15) is 27.2 Å². The Bertz CT molecular complexity index is 181. The molecule has 12 heavy (non-hydrogen) atoms. The van der Waals surface area contributed by atoms with Gasteiger partial charge in [0.25, 0.3) is 0 Å². The summed E-state index contributed by atoms with van der Waals surface area (Å²) in [4.78, 5) is 13.0. The molecular formula is C9H16FNO. The van der Waals surface area contributed by atoms with Crippen LogP contribution < -0.4 is 0 Å². The zero-order valence-corrected chi connectivity index (χ0v) is 7.88. The summed E-state index contributed by atoms with van der Waals surface area (Å²) in [5.41, 5.74) is 0. The first-order valence-corrected chi connectivity index (χ1v) is 4.46. The van der Waals surface area contributed by atoms with Crippen molar-refractivity contribution in [1.29, 1.82) is 0 Å². The summed E-state index contributed by atoms with van der Waals surface area (Å²) in [5, 5.41) is 0. The van der Waals surface area contributed by atoms with E-state index in [9.17, 15) is 9.18 Å². The maximum atomic E-state index is 13.2. The molecule has 0 N–H and O–H groups in total. The van der Waals surface area contributed by atoms with Gasteiger partial charge in [-0.2, -0.15) is 0 Å². The second kappa shape index (κ2) is 3.42. The average molecular weight is 173 g/mol. The molecule has 1 rings (SSSR count). The molecule has 0 saturated carbocycles. The van der Waals surface area contributed by atoms with Crippen molar-refractivity contribution < 1.29 is 9.18 Å². The minimum absolute atomic E-state index is 0.0893. The predicted molar refractivity (Wildman–Crippen MR) is 45.5 cm³/mol. The van der Waals surface area contributed by atoms with E-state index in [1.54, 1.807) is 11.8 Å². The van der Waals surface area contributed by atoms with E-state index in [1.165, 1.54) is 0 Å². The lowest BCUT2D eigenvalue weighted by Gasteiger charge is -2.35. The van der Waals surface area contributed by atoms with Crippen LogP contribution in [-0.4, -0.2) is 29.6 Å². The molecule has 1 aliphatic rings. The number of piperidine rings is 1. The van der Waals surface area contributed by atoms with E-state index in [4.69, 9.17) is 0 Å². The molecule has 1 aliphatic heterocycles. The molecule has 0 spiro atoms. The Morgan fingerprint density at radius 1 is 1.58 bits per heavy atom. The van der Waals surface area contributed by atoms with Crippen molar-refractivity contribution in [1.82, 2.24) is 4.90 Å². The normalized spacial score (nSPS) is 31.4. The summed E-state index contributed by atoms with van der Waals surface area (Å²) in [5.74, 6) is -0.0149. The van der Waals surface area contributed by atoms with Crippen LogP contribution in [0.25, 0.3) is 0 Å². The molecule has 1 fully saturated rings. The van der Waals surface area contributed by atoms with E-state index in [-0.39, 0.29) is 24.4 Å². The summed E-state index contributed by atoms with van der Waals surface area (Å²) < 4.78 is 13.2. The highest BCUT2D eigenvalue weighted by Gasteiger charge is 2.32. The molecule has 0 radical (unpaired) electrons. The molecular weight excluding hydrogens is 157 g/mol. The predicted octanol–water partition coefficient (Wildman–Crippen LogP) is 1.60. The number of halogens is 1. The maximum Gasteiger partial charge on any atom is 0.223 e. The maximum absolute atomic E-state index is 13.2. The van der Waals surface area contributed by atoms with Crippen molar-refractivity contribution in [2.24, 2.45) is 5.92 Å². The third kappa shape index (κ3) is 1.76. The number of rotatable bonds is 1. The first-order valence-electron chi connectivity index (χ1n) is 4.46. The van der Waals surface area contributed by atoms with E-state index < -0.39 is 6.17 Å². The largest absolute Gasteiger partial charge is 0.337 e. The van der Waals surface area contributed by atoms with Crippen LogP contribution >= 0.6 is 0 Å². The number of nitrogens with zero attached hydrogens (tertiary/aromatic N) is 1. The molecule has 3 heteroatoms. The molecule has 2 atom stereocenters. The molecule has 1 saturated heterocycles. The summed E-state index contributed by atoms with van der Waals surface area (Å²) in [6, 6.07) is 0.128. The molecule has 0 aliphatic carbocycles. The minimum atomic E-state index is -0.843. The zero-order chi connectivity index (χ0) is 9.30. The third-order valence-corrected chi connectivity index (χ3v) is 2.43. The number of carbonyl (C=O) groups is 1. The first-order chi connectivity index (χ1) is 5.52. The standard InChI is InChI=1S/C9H16FNO/c1-6(2)11-5-8(10)7(3)4-9(11)12/h6-8H,4-5H2,1-3H3/t7-,8+/m1/s1. The Morgan fingerprint density at radius 2 is 2.17 bits per heavy atom. The second-order valence-electron chi connectivity index (χ2n) is 3.84. The number of hydrogen-bond donors (Lipinski definition) is 0. The molecule has 0 aromatic rings. The van der Waals surface area contributed by atoms with Crippen LogP contribution in [0, 0.1) is 5.92 Å². The number of carbonyl (C=O) groups excluding carboxylic acids is 1. The summed E-state index contributed by atoms with van der Waals surface area (Å²) >= 11 is 0. The quantitative estimate of drug-likeness (QED) is 0.589. The fourth-order valence-corrected chi connectivity index (χ4v) is 1.49. The lowest BCUT2D eigenvalue weighted by atomic mass is 9.96. The van der Waals surface area contributed by atoms with Crippen molar-refractivity contribution >= 4 is 5.91 Å². The lowest BCUT2D eigenvalue weighted by molar-refractivity contribution is -0.139. The van der Waals surface area contributed by atoms with Crippen molar-refractivity contribution in [3.05, 3.63) is 0 Å². The van der Waals surface area contributed by atoms with Gasteiger partial charge in [-0.05, 0) is 19.8 Å². The Labute approximate surface area is 72.7 Å². The van der Waals surface area contributed by atoms with Crippen molar-refractivity contribution in [2.45, 2.75) is 39.4 Å². The van der Waals surface area contributed by atoms with Gasteiger partial charge in [-0.25, -0.2) is 4.39 Å². The Morgan fingerprint density at radius 3 is 2.67 bits per heavy atom. The molecule has 1 heterocycles. The van der Waals surface area contributed by atoms with Gasteiger partial charge in [-0.15, -0.1) is 0 Å². The monoisotopic (exact) mass is 173 g/mol. The molecule has 0 aromatic carbocycles. The number of alkyl halides is 1. The van der Waals surface area contributed by atoms with Gasteiger partial charge < -0.3 is 4.90 Å². The zero-order valence-electron chi connectivity index (χ0n) is 7.88. The number of amides is 1. The SMILES string of the molecule is CC(C)N1C[C@H](F)[C@H](C)CC1=O. The smallest absolute Gasteiger partial charge is 0.223 e. The van der Waals surface area contributed by atoms with E-state index >= 15 is 0 Å². The average Bonchev–Trinajstić information content (AvgIpc) is 1.96. The van der Waals surface area contributed by atoms with Crippen LogP contribution in [0.5, 0.6) is 0 Å². The van der Waals surface area contributed by atoms with Crippen LogP contribution in [-0.2, 0) is 4.79 Å². The van der Waals surface area contributed by atoms with Gasteiger partial charge in [-0.3, -0.25) is 4.79 Å². The van der Waals surface area contributed by atoms with E-state index in [0.717, 1.165) is 0 Å². The molecule has 1 amide bonds. The fourth-order valence-electron chi connectivity index (χ4n) is 1.49. The highest BCUT2D eigenvalue weighted by atomic mass is 19.1. The highest BCUT2D eigenvalue weighted by molar-refractivity contribution is 5.77. The van der Waals surface area contributed by atoms with E-state index in [2.05, 4.69) is 0 Å². The minimum Gasteiger partial charge on any atom is -0.337 e. The second-order valence-corrected chi connectivity index (χ2v) is 3.84. The lowest BCUT2D eigenvalue weighted by Crippen LogP contribution is -2.48. The molecule has 2 nitrogen and oxygen atoms in total. The topological polar surface area (TPSA) is 20.3 Å². The first kappa shape index (κ1) is 9.49. The van der Waals surface area contributed by atoms with E-state index in [1.807, 2.05) is 13.8 Å². The van der Waals surface area contributed by atoms with E-state index in [0.29, 0.717) is 6.42 Å². The fraction of sp³-hybridized carbons (Fsp3) is 0.889. The Kier molecular flexibility index (Phi) is 2.70. The van der Waals surface area contributed by atoms with Gasteiger partial charge in [0.1, 0.15) is 6.17 Å². The number of hydrogen-bond acceptors (Lipinski definition) is 1. The molecule has 70 valence electrons. The Hall–Kier alpha value is -0.600. The molecule has 0 aromatic heterocycles. The highest BCUT2D eigenvalue weighted by Crippen LogP contribution is 2.22. The van der Waals surface area contributed by atoms with Crippen LogP contribution in [0.15, 0.2) is 0 Å².